The molecule has 1 aromatic rings. The monoisotopic (exact) mass is 396 g/mol. The standard InChI is InChI=1S/C19H22F6O2/c1-2-3-13-4-6-14(7-5-13)10-11-18(21,22)26-15-8-9-17(16(20)12-15)27-19(23,24)25/h8-14H,2-7H2,1H3. The molecule has 152 valence electrons. The lowest BCUT2D eigenvalue weighted by Crippen LogP contribution is -2.23. The average molecular weight is 396 g/mol. The molecule has 0 radical (unpaired) electrons. The molecule has 0 heterocycles. The maximum absolute atomic E-state index is 13.9. The van der Waals surface area contributed by atoms with E-state index < -0.39 is 29.8 Å². The van der Waals surface area contributed by atoms with Gasteiger partial charge in [-0.05, 0) is 49.7 Å². The van der Waals surface area contributed by atoms with E-state index in [4.69, 9.17) is 0 Å². The van der Waals surface area contributed by atoms with Crippen molar-refractivity contribution in [1.82, 2.24) is 0 Å². The van der Waals surface area contributed by atoms with Crippen molar-refractivity contribution in [3.63, 3.8) is 0 Å². The van der Waals surface area contributed by atoms with Crippen molar-refractivity contribution >= 4 is 0 Å². The van der Waals surface area contributed by atoms with Gasteiger partial charge in [-0.2, -0.15) is 8.78 Å². The van der Waals surface area contributed by atoms with E-state index in [1.165, 1.54) is 6.08 Å². The lowest BCUT2D eigenvalue weighted by molar-refractivity contribution is -0.275. The molecule has 0 bridgehead atoms. The van der Waals surface area contributed by atoms with E-state index in [9.17, 15) is 26.3 Å². The van der Waals surface area contributed by atoms with E-state index in [2.05, 4.69) is 16.4 Å². The van der Waals surface area contributed by atoms with Crippen molar-refractivity contribution in [2.45, 2.75) is 57.9 Å². The fourth-order valence-corrected chi connectivity index (χ4v) is 3.27. The molecule has 0 atom stereocenters. The lowest BCUT2D eigenvalue weighted by atomic mass is 9.80. The maximum Gasteiger partial charge on any atom is 0.573 e. The molecule has 0 aliphatic heterocycles. The number of rotatable bonds is 7. The van der Waals surface area contributed by atoms with E-state index in [1.807, 2.05) is 0 Å². The Balaban J connectivity index is 1.93. The number of ether oxygens (including phenoxy) is 2. The number of hydrogen-bond donors (Lipinski definition) is 0. The Bertz CT molecular complexity index is 634. The summed E-state index contributed by atoms with van der Waals surface area (Å²) in [5, 5.41) is 0. The smallest absolute Gasteiger partial charge is 0.429 e. The first-order valence-electron chi connectivity index (χ1n) is 8.89. The van der Waals surface area contributed by atoms with Gasteiger partial charge in [-0.15, -0.1) is 13.2 Å². The molecule has 0 aromatic heterocycles. The number of halogens is 6. The molecule has 0 unspecified atom stereocenters. The van der Waals surface area contributed by atoms with Gasteiger partial charge in [0, 0.05) is 12.1 Å². The van der Waals surface area contributed by atoms with E-state index >= 15 is 0 Å². The first-order valence-corrected chi connectivity index (χ1v) is 8.89. The molecule has 1 fully saturated rings. The molecule has 27 heavy (non-hydrogen) atoms. The molecular weight excluding hydrogens is 374 g/mol. The van der Waals surface area contributed by atoms with Gasteiger partial charge in [0.1, 0.15) is 5.75 Å². The predicted molar refractivity (Wildman–Crippen MR) is 88.2 cm³/mol. The summed E-state index contributed by atoms with van der Waals surface area (Å²) in [5.41, 5.74) is 0. The Kier molecular flexibility index (Phi) is 7.06. The molecular formula is C19H22F6O2. The van der Waals surface area contributed by atoms with Crippen LogP contribution in [0.1, 0.15) is 45.4 Å². The van der Waals surface area contributed by atoms with Gasteiger partial charge in [0.05, 0.1) is 0 Å². The summed E-state index contributed by atoms with van der Waals surface area (Å²) < 4.78 is 85.5. The Morgan fingerprint density at radius 3 is 2.26 bits per heavy atom. The van der Waals surface area contributed by atoms with Gasteiger partial charge in [-0.1, -0.05) is 25.8 Å². The van der Waals surface area contributed by atoms with Crippen molar-refractivity contribution in [1.29, 1.82) is 0 Å². The summed E-state index contributed by atoms with van der Waals surface area (Å²) >= 11 is 0. The second kappa shape index (κ2) is 8.89. The largest absolute Gasteiger partial charge is 0.573 e. The SMILES string of the molecule is CCCC1CCC(C=CC(F)(F)Oc2ccc(OC(F)(F)F)c(F)c2)CC1. The third-order valence-electron chi connectivity index (χ3n) is 4.53. The number of alkyl halides is 5. The van der Waals surface area contributed by atoms with Gasteiger partial charge < -0.3 is 9.47 Å². The Labute approximate surface area is 154 Å². The highest BCUT2D eigenvalue weighted by Crippen LogP contribution is 2.34. The fourth-order valence-electron chi connectivity index (χ4n) is 3.27. The normalized spacial score (nSPS) is 21.4. The molecule has 8 heteroatoms. The van der Waals surface area contributed by atoms with Crippen molar-refractivity contribution in [2.75, 3.05) is 0 Å². The molecule has 0 spiro atoms. The predicted octanol–water partition coefficient (Wildman–Crippen LogP) is 6.86. The zero-order chi connectivity index (χ0) is 20.1. The van der Waals surface area contributed by atoms with Crippen molar-refractivity contribution in [3.05, 3.63) is 36.2 Å². The third kappa shape index (κ3) is 7.34. The minimum absolute atomic E-state index is 0.0341. The van der Waals surface area contributed by atoms with Gasteiger partial charge in [0.25, 0.3) is 0 Å². The second-order valence-electron chi connectivity index (χ2n) is 6.73. The molecule has 1 saturated carbocycles. The first-order chi connectivity index (χ1) is 12.6. The Morgan fingerprint density at radius 1 is 1.04 bits per heavy atom. The van der Waals surface area contributed by atoms with Crippen LogP contribution in [-0.2, 0) is 0 Å². The molecule has 1 aromatic carbocycles. The zero-order valence-corrected chi connectivity index (χ0v) is 14.9. The lowest BCUT2D eigenvalue weighted by Gasteiger charge is -2.26. The highest BCUT2D eigenvalue weighted by molar-refractivity contribution is 5.33. The molecule has 0 saturated heterocycles. The average Bonchev–Trinajstić information content (AvgIpc) is 2.56. The topological polar surface area (TPSA) is 18.5 Å². The van der Waals surface area contributed by atoms with Gasteiger partial charge >= 0.3 is 12.5 Å². The van der Waals surface area contributed by atoms with E-state index in [0.29, 0.717) is 24.1 Å². The van der Waals surface area contributed by atoms with Crippen LogP contribution in [0.5, 0.6) is 11.5 Å². The van der Waals surface area contributed by atoms with Crippen LogP contribution in [0.4, 0.5) is 26.3 Å². The van der Waals surface area contributed by atoms with Crippen LogP contribution in [0.2, 0.25) is 0 Å². The Hall–Kier alpha value is -1.86. The summed E-state index contributed by atoms with van der Waals surface area (Å²) in [4.78, 5) is 0. The van der Waals surface area contributed by atoms with Crippen LogP contribution < -0.4 is 9.47 Å². The molecule has 0 N–H and O–H groups in total. The highest BCUT2D eigenvalue weighted by Gasteiger charge is 2.33. The minimum atomic E-state index is -5.08. The van der Waals surface area contributed by atoms with Gasteiger partial charge in [-0.3, -0.25) is 0 Å². The maximum atomic E-state index is 13.9. The first kappa shape index (κ1) is 21.4. The van der Waals surface area contributed by atoms with Crippen LogP contribution in [0.15, 0.2) is 30.4 Å². The molecule has 2 rings (SSSR count). The number of allylic oxidation sites excluding steroid dienone is 1. The fraction of sp³-hybridized carbons (Fsp3) is 0.579. The Morgan fingerprint density at radius 2 is 1.70 bits per heavy atom. The highest BCUT2D eigenvalue weighted by atomic mass is 19.4. The van der Waals surface area contributed by atoms with Crippen molar-refractivity contribution in [3.8, 4) is 11.5 Å². The van der Waals surface area contributed by atoms with Gasteiger partial charge in [0.2, 0.25) is 0 Å². The molecule has 0 amide bonds. The summed E-state index contributed by atoms with van der Waals surface area (Å²) in [6.07, 6.45) is -0.830. The van der Waals surface area contributed by atoms with Crippen LogP contribution in [-0.4, -0.2) is 12.5 Å². The third-order valence-corrected chi connectivity index (χ3v) is 4.53. The van der Waals surface area contributed by atoms with Crippen molar-refractivity contribution < 1.29 is 35.8 Å². The quantitative estimate of drug-likeness (QED) is 0.370. The molecule has 1 aliphatic carbocycles. The zero-order valence-electron chi connectivity index (χ0n) is 14.9. The van der Waals surface area contributed by atoms with Crippen molar-refractivity contribution in [2.24, 2.45) is 11.8 Å². The second-order valence-corrected chi connectivity index (χ2v) is 6.73. The van der Waals surface area contributed by atoms with E-state index in [0.717, 1.165) is 44.6 Å². The van der Waals surface area contributed by atoms with Gasteiger partial charge in [0.15, 0.2) is 11.6 Å². The number of hydrogen-bond acceptors (Lipinski definition) is 2. The molecule has 2 nitrogen and oxygen atoms in total. The van der Waals surface area contributed by atoms with Gasteiger partial charge in [-0.25, -0.2) is 4.39 Å². The minimum Gasteiger partial charge on any atom is -0.429 e. The van der Waals surface area contributed by atoms with Crippen LogP contribution in [0.25, 0.3) is 0 Å². The number of benzene rings is 1. The summed E-state index contributed by atoms with van der Waals surface area (Å²) in [5.74, 6) is -2.47. The summed E-state index contributed by atoms with van der Waals surface area (Å²) in [7, 11) is 0. The molecule has 1 aliphatic rings. The van der Waals surface area contributed by atoms with Crippen LogP contribution in [0, 0.1) is 17.7 Å². The summed E-state index contributed by atoms with van der Waals surface area (Å²) in [6, 6.07) is 1.81. The van der Waals surface area contributed by atoms with Crippen LogP contribution >= 0.6 is 0 Å². The van der Waals surface area contributed by atoms with E-state index in [1.54, 1.807) is 0 Å². The van der Waals surface area contributed by atoms with Crippen LogP contribution in [0.3, 0.4) is 0 Å². The summed E-state index contributed by atoms with van der Waals surface area (Å²) in [6.45, 7) is 2.12. The van der Waals surface area contributed by atoms with E-state index in [-0.39, 0.29) is 5.92 Å².